The standard InChI is InChI=1S/C18H14FN7O/c19-18-20-9-13-25(18)12-8-4-3-7-11(12)15-22-23-16(26(13)15)14-21-17(27-24-14)10-5-1-2-6-10/h3-4,7-10H,1-2,5-6H2. The summed E-state index contributed by atoms with van der Waals surface area (Å²) in [6.45, 7) is 0. The van der Waals surface area contributed by atoms with Crippen LogP contribution in [0.5, 0.6) is 0 Å². The van der Waals surface area contributed by atoms with E-state index >= 15 is 0 Å². The summed E-state index contributed by atoms with van der Waals surface area (Å²) in [5.74, 6) is 1.70. The van der Waals surface area contributed by atoms with Crippen LogP contribution in [-0.2, 0) is 0 Å². The number of benzene rings is 1. The molecule has 0 saturated heterocycles. The summed E-state index contributed by atoms with van der Waals surface area (Å²) in [5.41, 5.74) is 1.78. The van der Waals surface area contributed by atoms with E-state index < -0.39 is 6.08 Å². The lowest BCUT2D eigenvalue weighted by molar-refractivity contribution is 0.354. The lowest BCUT2D eigenvalue weighted by Gasteiger charge is -2.06. The first kappa shape index (κ1) is 14.8. The molecule has 0 N–H and O–H groups in total. The Balaban J connectivity index is 1.65. The van der Waals surface area contributed by atoms with Crippen LogP contribution in [0.3, 0.4) is 0 Å². The van der Waals surface area contributed by atoms with Gasteiger partial charge in [-0.15, -0.1) is 10.2 Å². The minimum Gasteiger partial charge on any atom is -0.339 e. The van der Waals surface area contributed by atoms with Crippen molar-refractivity contribution >= 4 is 22.2 Å². The van der Waals surface area contributed by atoms with Gasteiger partial charge in [-0.1, -0.05) is 30.1 Å². The highest BCUT2D eigenvalue weighted by Crippen LogP contribution is 2.34. The third-order valence-electron chi connectivity index (χ3n) is 5.32. The lowest BCUT2D eigenvalue weighted by Crippen LogP contribution is -2.01. The van der Waals surface area contributed by atoms with E-state index in [1.807, 2.05) is 24.3 Å². The predicted octanol–water partition coefficient (Wildman–Crippen LogP) is 3.38. The van der Waals surface area contributed by atoms with Crippen molar-refractivity contribution < 1.29 is 8.91 Å². The fourth-order valence-corrected chi connectivity index (χ4v) is 4.04. The molecule has 0 atom stereocenters. The van der Waals surface area contributed by atoms with Crippen LogP contribution in [0.2, 0.25) is 0 Å². The van der Waals surface area contributed by atoms with Gasteiger partial charge >= 0.3 is 0 Å². The number of para-hydroxylation sites is 1. The van der Waals surface area contributed by atoms with Crippen molar-refractivity contribution in [3.8, 4) is 11.6 Å². The number of aromatic nitrogens is 7. The van der Waals surface area contributed by atoms with Crippen molar-refractivity contribution in [1.82, 2.24) is 34.1 Å². The first-order chi connectivity index (χ1) is 13.3. The second kappa shape index (κ2) is 5.32. The van der Waals surface area contributed by atoms with Crippen LogP contribution in [0.1, 0.15) is 37.5 Å². The molecule has 0 spiro atoms. The van der Waals surface area contributed by atoms with E-state index in [0.717, 1.165) is 18.2 Å². The molecule has 1 fully saturated rings. The fourth-order valence-electron chi connectivity index (χ4n) is 4.04. The zero-order valence-corrected chi connectivity index (χ0v) is 14.2. The maximum absolute atomic E-state index is 14.4. The van der Waals surface area contributed by atoms with Gasteiger partial charge in [0.1, 0.15) is 5.65 Å². The molecule has 0 radical (unpaired) electrons. The van der Waals surface area contributed by atoms with Gasteiger partial charge in [0, 0.05) is 11.3 Å². The summed E-state index contributed by atoms with van der Waals surface area (Å²) >= 11 is 0. The summed E-state index contributed by atoms with van der Waals surface area (Å²) in [5, 5.41) is 13.5. The number of rotatable bonds is 2. The normalized spacial score (nSPS) is 15.6. The Morgan fingerprint density at radius 2 is 1.93 bits per heavy atom. The van der Waals surface area contributed by atoms with Gasteiger partial charge < -0.3 is 4.52 Å². The molecule has 1 aromatic carbocycles. The van der Waals surface area contributed by atoms with Crippen LogP contribution in [-0.4, -0.2) is 34.1 Å². The largest absolute Gasteiger partial charge is 0.339 e. The smallest absolute Gasteiger partial charge is 0.295 e. The van der Waals surface area contributed by atoms with Crippen molar-refractivity contribution in [1.29, 1.82) is 0 Å². The lowest BCUT2D eigenvalue weighted by atomic mass is 10.1. The molecule has 0 aliphatic heterocycles. The van der Waals surface area contributed by atoms with E-state index in [0.29, 0.717) is 40.3 Å². The monoisotopic (exact) mass is 363 g/mol. The maximum atomic E-state index is 14.4. The Hall–Kier alpha value is -3.36. The average molecular weight is 363 g/mol. The van der Waals surface area contributed by atoms with Gasteiger partial charge in [-0.25, -0.2) is 4.98 Å². The Bertz CT molecular complexity index is 1310. The third-order valence-corrected chi connectivity index (χ3v) is 5.32. The molecule has 5 aromatic rings. The van der Waals surface area contributed by atoms with Crippen molar-refractivity contribution in [2.75, 3.05) is 0 Å². The molecule has 9 heteroatoms. The molecule has 4 aromatic heterocycles. The quantitative estimate of drug-likeness (QED) is 0.478. The number of hydrogen-bond acceptors (Lipinski definition) is 6. The highest BCUT2D eigenvalue weighted by Gasteiger charge is 2.26. The molecule has 8 nitrogen and oxygen atoms in total. The predicted molar refractivity (Wildman–Crippen MR) is 93.7 cm³/mol. The highest BCUT2D eigenvalue weighted by atomic mass is 19.1. The van der Waals surface area contributed by atoms with Crippen LogP contribution >= 0.6 is 0 Å². The van der Waals surface area contributed by atoms with Gasteiger partial charge in [0.15, 0.2) is 5.65 Å². The molecule has 0 unspecified atom stereocenters. The molecular weight excluding hydrogens is 349 g/mol. The number of halogens is 1. The average Bonchev–Trinajstić information content (AvgIpc) is 3.46. The molecule has 4 heterocycles. The topological polar surface area (TPSA) is 86.4 Å². The van der Waals surface area contributed by atoms with Crippen LogP contribution in [0.4, 0.5) is 4.39 Å². The van der Waals surface area contributed by atoms with Crippen molar-refractivity contribution in [2.45, 2.75) is 31.6 Å². The molecule has 27 heavy (non-hydrogen) atoms. The first-order valence-corrected chi connectivity index (χ1v) is 8.94. The van der Waals surface area contributed by atoms with Gasteiger partial charge in [0.05, 0.1) is 11.7 Å². The van der Waals surface area contributed by atoms with E-state index in [1.165, 1.54) is 23.4 Å². The Morgan fingerprint density at radius 1 is 1.07 bits per heavy atom. The molecule has 6 rings (SSSR count). The van der Waals surface area contributed by atoms with Gasteiger partial charge in [-0.3, -0.25) is 8.80 Å². The van der Waals surface area contributed by atoms with E-state index in [4.69, 9.17) is 4.52 Å². The Morgan fingerprint density at radius 3 is 2.81 bits per heavy atom. The summed E-state index contributed by atoms with van der Waals surface area (Å²) in [6.07, 6.45) is 5.34. The van der Waals surface area contributed by atoms with Crippen molar-refractivity contribution in [3.05, 3.63) is 42.4 Å². The van der Waals surface area contributed by atoms with Gasteiger partial charge in [-0.05, 0) is 25.0 Å². The number of nitrogens with zero attached hydrogens (tertiary/aromatic N) is 7. The zero-order chi connectivity index (χ0) is 18.0. The number of fused-ring (bicyclic) bond motifs is 6. The second-order valence-corrected chi connectivity index (χ2v) is 6.86. The molecule has 1 aliphatic carbocycles. The third kappa shape index (κ3) is 1.99. The number of imidazole rings is 1. The van der Waals surface area contributed by atoms with Gasteiger partial charge in [-0.2, -0.15) is 9.37 Å². The minimum absolute atomic E-state index is 0.304. The highest BCUT2D eigenvalue weighted by molar-refractivity contribution is 5.94. The molecule has 134 valence electrons. The van der Waals surface area contributed by atoms with Crippen molar-refractivity contribution in [2.24, 2.45) is 0 Å². The first-order valence-electron chi connectivity index (χ1n) is 8.94. The molecule has 1 saturated carbocycles. The molecular formula is C18H14FN7O. The van der Waals surface area contributed by atoms with Gasteiger partial charge in [0.25, 0.3) is 6.08 Å². The SMILES string of the molecule is Fc1ncc2n1c1ccccc1c1nnc(-c3noc(C4CCCC4)n3)n12. The van der Waals surface area contributed by atoms with Crippen LogP contribution in [0.25, 0.3) is 33.8 Å². The molecule has 0 amide bonds. The Kier molecular flexibility index (Phi) is 2.91. The van der Waals surface area contributed by atoms with Gasteiger partial charge in [0.2, 0.25) is 17.5 Å². The van der Waals surface area contributed by atoms with E-state index in [2.05, 4.69) is 25.3 Å². The van der Waals surface area contributed by atoms with Crippen molar-refractivity contribution in [3.63, 3.8) is 0 Å². The fraction of sp³-hybridized carbons (Fsp3) is 0.278. The molecule has 0 bridgehead atoms. The van der Waals surface area contributed by atoms with E-state index in [9.17, 15) is 4.39 Å². The number of hydrogen-bond donors (Lipinski definition) is 0. The van der Waals surface area contributed by atoms with E-state index in [-0.39, 0.29) is 0 Å². The maximum Gasteiger partial charge on any atom is 0.295 e. The second-order valence-electron chi connectivity index (χ2n) is 6.86. The summed E-state index contributed by atoms with van der Waals surface area (Å²) in [4.78, 5) is 8.39. The van der Waals surface area contributed by atoms with E-state index in [1.54, 1.807) is 4.40 Å². The zero-order valence-electron chi connectivity index (χ0n) is 14.2. The summed E-state index contributed by atoms with van der Waals surface area (Å²) in [7, 11) is 0. The minimum atomic E-state index is -0.595. The summed E-state index contributed by atoms with van der Waals surface area (Å²) in [6, 6.07) is 7.43. The Labute approximate surface area is 151 Å². The van der Waals surface area contributed by atoms with Crippen LogP contribution < -0.4 is 0 Å². The van der Waals surface area contributed by atoms with Crippen LogP contribution in [0, 0.1) is 6.08 Å². The summed E-state index contributed by atoms with van der Waals surface area (Å²) < 4.78 is 23.0. The molecule has 1 aliphatic rings. The van der Waals surface area contributed by atoms with Crippen LogP contribution in [0.15, 0.2) is 35.0 Å².